The predicted molar refractivity (Wildman–Crippen MR) is 87.8 cm³/mol. The molecule has 1 aromatic heterocycles. The van der Waals surface area contributed by atoms with E-state index in [0.29, 0.717) is 6.04 Å². The average Bonchev–Trinajstić information content (AvgIpc) is 2.96. The monoisotopic (exact) mass is 378 g/mol. The van der Waals surface area contributed by atoms with E-state index in [1.54, 1.807) is 18.4 Å². The lowest BCUT2D eigenvalue weighted by molar-refractivity contribution is 0.633. The van der Waals surface area contributed by atoms with Gasteiger partial charge in [0.25, 0.3) is 0 Å². The fraction of sp³-hybridized carbons (Fsp3) is 0.500. The second kappa shape index (κ2) is 7.73. The zero-order valence-corrected chi connectivity index (χ0v) is 13.8. The molecule has 2 N–H and O–H groups in total. The van der Waals surface area contributed by atoms with E-state index >= 15 is 0 Å². The number of nitrogens with zero attached hydrogens (tertiary/aromatic N) is 2. The number of aliphatic imine (C=N–C) groups is 1. The lowest BCUT2D eigenvalue weighted by Crippen LogP contribution is -2.41. The second-order valence-corrected chi connectivity index (χ2v) is 5.37. The molecule has 0 amide bonds. The van der Waals surface area contributed by atoms with E-state index in [1.165, 1.54) is 4.88 Å². The number of halogens is 1. The number of hydrogen-bond donors (Lipinski definition) is 2. The minimum absolute atomic E-state index is 0. The lowest BCUT2D eigenvalue weighted by Gasteiger charge is -2.16. The van der Waals surface area contributed by atoms with Gasteiger partial charge >= 0.3 is 0 Å². The van der Waals surface area contributed by atoms with Crippen LogP contribution in [0.1, 0.15) is 22.7 Å². The van der Waals surface area contributed by atoms with Crippen LogP contribution in [0.3, 0.4) is 0 Å². The van der Waals surface area contributed by atoms with Gasteiger partial charge in [-0.05, 0) is 19.8 Å². The van der Waals surface area contributed by atoms with E-state index in [0.717, 1.165) is 30.4 Å². The Labute approximate surface area is 129 Å². The highest BCUT2D eigenvalue weighted by Crippen LogP contribution is 2.11. The van der Waals surface area contributed by atoms with Gasteiger partial charge in [-0.2, -0.15) is 0 Å². The molecule has 0 saturated carbocycles. The van der Waals surface area contributed by atoms with Gasteiger partial charge in [0.15, 0.2) is 5.96 Å². The molecule has 18 heavy (non-hydrogen) atoms. The van der Waals surface area contributed by atoms with Crippen molar-refractivity contribution in [2.45, 2.75) is 32.4 Å². The van der Waals surface area contributed by atoms with Crippen molar-refractivity contribution in [1.82, 2.24) is 15.6 Å². The molecule has 4 nitrogen and oxygen atoms in total. The Kier molecular flexibility index (Phi) is 6.62. The standard InChI is InChI=1S/C12H18N4S.HI/c1-9-14-7-11(17-9)8-15-12(13-2)16-10-5-3-4-6-10;/h3-4,7,10H,5-6,8H2,1-2H3,(H2,13,15,16);1H. The molecule has 0 unspecified atom stereocenters. The number of rotatable bonds is 3. The van der Waals surface area contributed by atoms with E-state index in [2.05, 4.69) is 32.8 Å². The van der Waals surface area contributed by atoms with Gasteiger partial charge in [-0.25, -0.2) is 4.98 Å². The van der Waals surface area contributed by atoms with Gasteiger partial charge in [0.2, 0.25) is 0 Å². The summed E-state index contributed by atoms with van der Waals surface area (Å²) < 4.78 is 0. The third kappa shape index (κ3) is 4.56. The molecule has 0 aromatic carbocycles. The van der Waals surface area contributed by atoms with Gasteiger partial charge in [0, 0.05) is 24.2 Å². The molecule has 1 heterocycles. The summed E-state index contributed by atoms with van der Waals surface area (Å²) in [6.45, 7) is 2.80. The minimum atomic E-state index is 0. The second-order valence-electron chi connectivity index (χ2n) is 4.06. The van der Waals surface area contributed by atoms with E-state index in [1.807, 2.05) is 13.1 Å². The van der Waals surface area contributed by atoms with Crippen molar-refractivity contribution in [2.75, 3.05) is 7.05 Å². The highest BCUT2D eigenvalue weighted by Gasteiger charge is 2.11. The van der Waals surface area contributed by atoms with Crippen molar-refractivity contribution in [3.63, 3.8) is 0 Å². The van der Waals surface area contributed by atoms with E-state index in [-0.39, 0.29) is 24.0 Å². The molecule has 100 valence electrons. The van der Waals surface area contributed by atoms with Crippen LogP contribution in [-0.4, -0.2) is 24.0 Å². The molecule has 0 aliphatic heterocycles. The van der Waals surface area contributed by atoms with Gasteiger partial charge in [-0.15, -0.1) is 35.3 Å². The van der Waals surface area contributed by atoms with Crippen LogP contribution in [0.15, 0.2) is 23.3 Å². The lowest BCUT2D eigenvalue weighted by atomic mass is 10.2. The summed E-state index contributed by atoms with van der Waals surface area (Å²) >= 11 is 1.71. The molecule has 1 aliphatic rings. The number of aromatic nitrogens is 1. The SMILES string of the molecule is CN=C(NCc1cnc(C)s1)NC1CC=CC1.I. The summed E-state index contributed by atoms with van der Waals surface area (Å²) in [6.07, 6.45) is 8.49. The largest absolute Gasteiger partial charge is 0.353 e. The molecule has 0 saturated heterocycles. The zero-order valence-electron chi connectivity index (χ0n) is 10.6. The van der Waals surface area contributed by atoms with Crippen LogP contribution in [0.4, 0.5) is 0 Å². The van der Waals surface area contributed by atoms with Crippen LogP contribution >= 0.6 is 35.3 Å². The molecule has 0 bridgehead atoms. The zero-order chi connectivity index (χ0) is 12.1. The molecule has 1 aliphatic carbocycles. The van der Waals surface area contributed by atoms with Crippen LogP contribution in [0.25, 0.3) is 0 Å². The number of hydrogen-bond acceptors (Lipinski definition) is 3. The highest BCUT2D eigenvalue weighted by atomic mass is 127. The Bertz CT molecular complexity index is 419. The highest BCUT2D eigenvalue weighted by molar-refractivity contribution is 14.0. The molecule has 6 heteroatoms. The van der Waals surface area contributed by atoms with Gasteiger partial charge in [-0.3, -0.25) is 4.99 Å². The quantitative estimate of drug-likeness (QED) is 0.368. The number of guanidine groups is 1. The average molecular weight is 378 g/mol. The first-order valence-corrected chi connectivity index (χ1v) is 6.63. The number of aryl methyl sites for hydroxylation is 1. The third-order valence-corrected chi connectivity index (χ3v) is 3.58. The van der Waals surface area contributed by atoms with Crippen LogP contribution in [0, 0.1) is 6.92 Å². The topological polar surface area (TPSA) is 49.3 Å². The number of thiazole rings is 1. The van der Waals surface area contributed by atoms with Crippen molar-refractivity contribution in [2.24, 2.45) is 4.99 Å². The maximum absolute atomic E-state index is 4.23. The van der Waals surface area contributed by atoms with Crippen molar-refractivity contribution in [3.8, 4) is 0 Å². The van der Waals surface area contributed by atoms with E-state index in [9.17, 15) is 0 Å². The number of nitrogens with one attached hydrogen (secondary N) is 2. The van der Waals surface area contributed by atoms with Crippen LogP contribution in [0.5, 0.6) is 0 Å². The Hall–Kier alpha value is -0.630. The molecular formula is C12H19IN4S. The van der Waals surface area contributed by atoms with Gasteiger partial charge < -0.3 is 10.6 Å². The van der Waals surface area contributed by atoms with Gasteiger partial charge in [0.05, 0.1) is 11.6 Å². The summed E-state index contributed by atoms with van der Waals surface area (Å²) in [4.78, 5) is 9.69. The summed E-state index contributed by atoms with van der Waals surface area (Å²) in [5.41, 5.74) is 0. The fourth-order valence-electron chi connectivity index (χ4n) is 1.78. The molecule has 0 spiro atoms. The molecular weight excluding hydrogens is 359 g/mol. The van der Waals surface area contributed by atoms with Crippen LogP contribution in [-0.2, 0) is 6.54 Å². The summed E-state index contributed by atoms with van der Waals surface area (Å²) in [5, 5.41) is 7.81. The molecule has 1 aromatic rings. The Morgan fingerprint density at radius 3 is 2.78 bits per heavy atom. The van der Waals surface area contributed by atoms with Gasteiger partial charge in [-0.1, -0.05) is 12.2 Å². The molecule has 0 atom stereocenters. The first-order chi connectivity index (χ1) is 8.28. The Balaban J connectivity index is 0.00000162. The Morgan fingerprint density at radius 1 is 1.50 bits per heavy atom. The van der Waals surface area contributed by atoms with Crippen molar-refractivity contribution < 1.29 is 0 Å². The van der Waals surface area contributed by atoms with Crippen molar-refractivity contribution in [1.29, 1.82) is 0 Å². The third-order valence-electron chi connectivity index (χ3n) is 2.67. The summed E-state index contributed by atoms with van der Waals surface area (Å²) in [7, 11) is 1.80. The van der Waals surface area contributed by atoms with E-state index in [4.69, 9.17) is 0 Å². The van der Waals surface area contributed by atoms with Crippen molar-refractivity contribution >= 4 is 41.3 Å². The maximum Gasteiger partial charge on any atom is 0.191 e. The van der Waals surface area contributed by atoms with Gasteiger partial charge in [0.1, 0.15) is 0 Å². The van der Waals surface area contributed by atoms with Crippen molar-refractivity contribution in [3.05, 3.63) is 28.2 Å². The molecule has 0 radical (unpaired) electrons. The first-order valence-electron chi connectivity index (χ1n) is 5.81. The molecule has 0 fully saturated rings. The fourth-order valence-corrected chi connectivity index (χ4v) is 2.52. The smallest absolute Gasteiger partial charge is 0.191 e. The van der Waals surface area contributed by atoms with Crippen LogP contribution in [0.2, 0.25) is 0 Å². The Morgan fingerprint density at radius 2 is 2.22 bits per heavy atom. The summed E-state index contributed by atoms with van der Waals surface area (Å²) in [6, 6.07) is 0.490. The maximum atomic E-state index is 4.23. The van der Waals surface area contributed by atoms with Crippen LogP contribution < -0.4 is 10.6 Å². The summed E-state index contributed by atoms with van der Waals surface area (Å²) in [5.74, 6) is 0.866. The van der Waals surface area contributed by atoms with E-state index < -0.39 is 0 Å². The minimum Gasteiger partial charge on any atom is -0.353 e. The first kappa shape index (κ1) is 15.4. The normalized spacial score (nSPS) is 15.6. The molecule has 2 rings (SSSR count). The predicted octanol–water partition coefficient (Wildman–Crippen LogP) is 2.45.